The zero-order valence-corrected chi connectivity index (χ0v) is 10.8. The molecule has 2 heterocycles. The second-order valence-electron chi connectivity index (χ2n) is 3.54. The molecular weight excluding hydrogens is 236 g/mol. The van der Waals surface area contributed by atoms with Gasteiger partial charge in [-0.25, -0.2) is 0 Å². The number of hydrogen-bond donors (Lipinski definition) is 0. The molecule has 2 aromatic rings. The van der Waals surface area contributed by atoms with Crippen LogP contribution in [0, 0.1) is 13.8 Å². The first kappa shape index (κ1) is 11.3. The van der Waals surface area contributed by atoms with E-state index in [1.807, 2.05) is 23.6 Å². The fourth-order valence-corrected chi connectivity index (χ4v) is 3.04. The highest BCUT2D eigenvalue weighted by Crippen LogP contribution is 2.22. The van der Waals surface area contributed by atoms with Gasteiger partial charge in [0.2, 0.25) is 0 Å². The number of carbonyl (C=O) groups is 1. The van der Waals surface area contributed by atoms with Crippen molar-refractivity contribution in [3.05, 3.63) is 49.9 Å². The van der Waals surface area contributed by atoms with E-state index in [0.717, 1.165) is 10.4 Å². The van der Waals surface area contributed by atoms with Gasteiger partial charge in [0.05, 0.1) is 4.88 Å². The largest absolute Gasteiger partial charge is 0.288 e. The minimum absolute atomic E-state index is 0.0817. The van der Waals surface area contributed by atoms with Gasteiger partial charge in [-0.3, -0.25) is 4.79 Å². The summed E-state index contributed by atoms with van der Waals surface area (Å²) in [6.07, 6.45) is 3.56. The van der Waals surface area contributed by atoms with Gasteiger partial charge in [0.25, 0.3) is 0 Å². The third-order valence-electron chi connectivity index (χ3n) is 2.26. The van der Waals surface area contributed by atoms with Crippen LogP contribution in [0.15, 0.2) is 29.7 Å². The Labute approximate surface area is 103 Å². The fraction of sp³-hybridized carbons (Fsp3) is 0.154. The molecule has 0 aromatic carbocycles. The zero-order valence-electron chi connectivity index (χ0n) is 9.19. The van der Waals surface area contributed by atoms with Crippen LogP contribution in [0.4, 0.5) is 0 Å². The number of hydrogen-bond acceptors (Lipinski definition) is 3. The summed E-state index contributed by atoms with van der Waals surface area (Å²) < 4.78 is 0. The maximum atomic E-state index is 11.7. The minimum Gasteiger partial charge on any atom is -0.288 e. The summed E-state index contributed by atoms with van der Waals surface area (Å²) in [6, 6.07) is 5.85. The quantitative estimate of drug-likeness (QED) is 0.584. The predicted octanol–water partition coefficient (Wildman–Crippen LogP) is 4.32. The molecule has 0 fully saturated rings. The van der Waals surface area contributed by atoms with Gasteiger partial charge in [-0.05, 0) is 49.1 Å². The Morgan fingerprint density at radius 3 is 2.75 bits per heavy atom. The van der Waals surface area contributed by atoms with Gasteiger partial charge in [-0.15, -0.1) is 22.7 Å². The molecule has 0 aliphatic carbocycles. The van der Waals surface area contributed by atoms with Crippen molar-refractivity contribution in [2.24, 2.45) is 0 Å². The zero-order chi connectivity index (χ0) is 11.5. The number of allylic oxidation sites excluding steroid dienone is 1. The van der Waals surface area contributed by atoms with Crippen molar-refractivity contribution in [1.29, 1.82) is 0 Å². The molecule has 3 heteroatoms. The van der Waals surface area contributed by atoms with Crippen LogP contribution in [-0.4, -0.2) is 5.78 Å². The molecule has 0 unspecified atom stereocenters. The highest BCUT2D eigenvalue weighted by atomic mass is 32.1. The summed E-state index contributed by atoms with van der Waals surface area (Å²) in [5.74, 6) is 0.0817. The molecule has 82 valence electrons. The molecule has 0 aliphatic rings. The van der Waals surface area contributed by atoms with Gasteiger partial charge < -0.3 is 0 Å². The topological polar surface area (TPSA) is 17.1 Å². The number of rotatable bonds is 3. The van der Waals surface area contributed by atoms with Crippen LogP contribution in [0.1, 0.15) is 25.0 Å². The number of aryl methyl sites for hydroxylation is 2. The van der Waals surface area contributed by atoms with Crippen molar-refractivity contribution in [2.75, 3.05) is 0 Å². The third kappa shape index (κ3) is 2.49. The average molecular weight is 248 g/mol. The summed E-state index contributed by atoms with van der Waals surface area (Å²) in [5.41, 5.74) is 1.15. The molecule has 0 N–H and O–H groups in total. The fourth-order valence-electron chi connectivity index (χ4n) is 1.48. The van der Waals surface area contributed by atoms with E-state index in [0.29, 0.717) is 0 Å². The summed E-state index contributed by atoms with van der Waals surface area (Å²) in [7, 11) is 0. The molecule has 2 aromatic heterocycles. The SMILES string of the molecule is Cc1cc(/C=C/C(=O)c2cccs2)c(C)s1. The molecule has 0 aliphatic heterocycles. The molecule has 0 bridgehead atoms. The smallest absolute Gasteiger partial charge is 0.195 e. The van der Waals surface area contributed by atoms with Gasteiger partial charge in [-0.2, -0.15) is 0 Å². The van der Waals surface area contributed by atoms with E-state index in [1.165, 1.54) is 21.1 Å². The lowest BCUT2D eigenvalue weighted by atomic mass is 10.2. The van der Waals surface area contributed by atoms with Gasteiger partial charge >= 0.3 is 0 Å². The van der Waals surface area contributed by atoms with Crippen LogP contribution < -0.4 is 0 Å². The van der Waals surface area contributed by atoms with E-state index >= 15 is 0 Å². The van der Waals surface area contributed by atoms with Crippen LogP contribution in [0.5, 0.6) is 0 Å². The second-order valence-corrected chi connectivity index (χ2v) is 5.95. The minimum atomic E-state index is 0.0817. The summed E-state index contributed by atoms with van der Waals surface area (Å²) >= 11 is 3.24. The van der Waals surface area contributed by atoms with Crippen molar-refractivity contribution >= 4 is 34.5 Å². The van der Waals surface area contributed by atoms with Crippen molar-refractivity contribution < 1.29 is 4.79 Å². The monoisotopic (exact) mass is 248 g/mol. The Hall–Kier alpha value is -1.19. The molecule has 0 atom stereocenters. The average Bonchev–Trinajstić information content (AvgIpc) is 2.84. The van der Waals surface area contributed by atoms with E-state index in [1.54, 1.807) is 17.4 Å². The van der Waals surface area contributed by atoms with Crippen molar-refractivity contribution in [3.8, 4) is 0 Å². The lowest BCUT2D eigenvalue weighted by Crippen LogP contribution is -1.88. The van der Waals surface area contributed by atoms with E-state index in [4.69, 9.17) is 0 Å². The number of ketones is 1. The molecule has 1 nitrogen and oxygen atoms in total. The van der Waals surface area contributed by atoms with E-state index in [-0.39, 0.29) is 5.78 Å². The molecular formula is C13H12OS2. The Morgan fingerprint density at radius 2 is 2.19 bits per heavy atom. The maximum absolute atomic E-state index is 11.7. The van der Waals surface area contributed by atoms with Gasteiger partial charge in [0, 0.05) is 9.75 Å². The van der Waals surface area contributed by atoms with Crippen LogP contribution in [0.25, 0.3) is 6.08 Å². The van der Waals surface area contributed by atoms with E-state index in [9.17, 15) is 4.79 Å². The normalized spacial score (nSPS) is 11.1. The van der Waals surface area contributed by atoms with Gasteiger partial charge in [-0.1, -0.05) is 6.07 Å². The second kappa shape index (κ2) is 4.76. The first-order chi connectivity index (χ1) is 7.66. The first-order valence-corrected chi connectivity index (χ1v) is 6.69. The Kier molecular flexibility index (Phi) is 3.36. The Balaban J connectivity index is 2.16. The van der Waals surface area contributed by atoms with Gasteiger partial charge in [0.1, 0.15) is 0 Å². The Morgan fingerprint density at radius 1 is 1.38 bits per heavy atom. The van der Waals surface area contributed by atoms with Crippen LogP contribution in [0.3, 0.4) is 0 Å². The number of thiophene rings is 2. The standard InChI is InChI=1S/C13H12OS2/c1-9-8-11(10(2)16-9)5-6-12(14)13-4-3-7-15-13/h3-8H,1-2H3/b6-5+. The molecule has 0 radical (unpaired) electrons. The molecule has 0 spiro atoms. The molecule has 16 heavy (non-hydrogen) atoms. The third-order valence-corrected chi connectivity index (χ3v) is 4.12. The first-order valence-electron chi connectivity index (χ1n) is 5.00. The van der Waals surface area contributed by atoms with E-state index in [2.05, 4.69) is 19.9 Å². The van der Waals surface area contributed by atoms with Gasteiger partial charge in [0.15, 0.2) is 5.78 Å². The molecule has 0 amide bonds. The molecule has 0 saturated heterocycles. The summed E-state index contributed by atoms with van der Waals surface area (Å²) in [6.45, 7) is 4.16. The van der Waals surface area contributed by atoms with Crippen LogP contribution in [-0.2, 0) is 0 Å². The highest BCUT2D eigenvalue weighted by Gasteiger charge is 2.03. The summed E-state index contributed by atoms with van der Waals surface area (Å²) in [4.78, 5) is 15.1. The maximum Gasteiger partial charge on any atom is 0.195 e. The van der Waals surface area contributed by atoms with Crippen molar-refractivity contribution in [2.45, 2.75) is 13.8 Å². The molecule has 0 saturated carbocycles. The summed E-state index contributed by atoms with van der Waals surface area (Å²) in [5, 5.41) is 1.92. The lowest BCUT2D eigenvalue weighted by Gasteiger charge is -1.90. The van der Waals surface area contributed by atoms with Crippen LogP contribution in [0.2, 0.25) is 0 Å². The predicted molar refractivity (Wildman–Crippen MR) is 71.5 cm³/mol. The molecule has 2 rings (SSSR count). The Bertz CT molecular complexity index is 518. The van der Waals surface area contributed by atoms with Crippen molar-refractivity contribution in [3.63, 3.8) is 0 Å². The van der Waals surface area contributed by atoms with Crippen LogP contribution >= 0.6 is 22.7 Å². The number of carbonyl (C=O) groups excluding carboxylic acids is 1. The highest BCUT2D eigenvalue weighted by molar-refractivity contribution is 7.12. The van der Waals surface area contributed by atoms with Crippen molar-refractivity contribution in [1.82, 2.24) is 0 Å². The lowest BCUT2D eigenvalue weighted by molar-refractivity contribution is 0.105. The van der Waals surface area contributed by atoms with E-state index < -0.39 is 0 Å².